The minimum Gasteiger partial charge on any atom is -0.493 e. The molecular formula is C15H11ClFNO4. The van der Waals surface area contributed by atoms with Gasteiger partial charge in [-0.25, -0.2) is 9.18 Å². The van der Waals surface area contributed by atoms with Crippen molar-refractivity contribution in [3.63, 3.8) is 0 Å². The van der Waals surface area contributed by atoms with Gasteiger partial charge >= 0.3 is 5.97 Å². The van der Waals surface area contributed by atoms with E-state index in [9.17, 15) is 14.0 Å². The smallest absolute Gasteiger partial charge is 0.335 e. The topological polar surface area (TPSA) is 75.6 Å². The maximum atomic E-state index is 13.1. The van der Waals surface area contributed by atoms with E-state index in [4.69, 9.17) is 21.4 Å². The van der Waals surface area contributed by atoms with Crippen molar-refractivity contribution in [3.05, 3.63) is 58.4 Å². The van der Waals surface area contributed by atoms with Gasteiger partial charge < -0.3 is 15.2 Å². The second-order valence-corrected chi connectivity index (χ2v) is 4.72. The molecule has 0 unspecified atom stereocenters. The summed E-state index contributed by atoms with van der Waals surface area (Å²) in [5, 5.41) is 11.5. The number of halogens is 2. The zero-order chi connectivity index (χ0) is 16.3. The number of aromatic carboxylic acids is 1. The molecule has 2 aromatic rings. The highest BCUT2D eigenvalue weighted by molar-refractivity contribution is 6.33. The van der Waals surface area contributed by atoms with Crippen LogP contribution in [-0.2, 0) is 0 Å². The van der Waals surface area contributed by atoms with Gasteiger partial charge in [0.2, 0.25) is 0 Å². The van der Waals surface area contributed by atoms with E-state index in [0.29, 0.717) is 0 Å². The van der Waals surface area contributed by atoms with Crippen LogP contribution >= 0.6 is 11.6 Å². The van der Waals surface area contributed by atoms with E-state index in [-0.39, 0.29) is 27.6 Å². The first-order chi connectivity index (χ1) is 10.4. The largest absolute Gasteiger partial charge is 0.493 e. The van der Waals surface area contributed by atoms with Crippen LogP contribution in [0.4, 0.5) is 10.1 Å². The van der Waals surface area contributed by atoms with Crippen LogP contribution in [0.15, 0.2) is 36.4 Å². The predicted octanol–water partition coefficient (Wildman–Crippen LogP) is 3.44. The van der Waals surface area contributed by atoms with Crippen LogP contribution in [0, 0.1) is 5.82 Å². The first-order valence-electron chi connectivity index (χ1n) is 6.10. The maximum absolute atomic E-state index is 13.1. The number of ether oxygens (including phenoxy) is 1. The number of carboxylic acid groups (broad SMARTS) is 1. The van der Waals surface area contributed by atoms with Gasteiger partial charge in [0.15, 0.2) is 5.75 Å². The Bertz CT molecular complexity index is 748. The molecule has 0 aliphatic heterocycles. The van der Waals surface area contributed by atoms with Crippen LogP contribution in [0.1, 0.15) is 20.7 Å². The number of carboxylic acids is 1. The molecule has 2 N–H and O–H groups in total. The van der Waals surface area contributed by atoms with Crippen LogP contribution in [0.5, 0.6) is 5.75 Å². The molecule has 0 atom stereocenters. The number of rotatable bonds is 4. The van der Waals surface area contributed by atoms with E-state index in [1.807, 2.05) is 0 Å². The summed E-state index contributed by atoms with van der Waals surface area (Å²) in [4.78, 5) is 23.1. The van der Waals surface area contributed by atoms with Gasteiger partial charge in [-0.05, 0) is 30.3 Å². The van der Waals surface area contributed by atoms with Crippen molar-refractivity contribution in [2.24, 2.45) is 0 Å². The summed E-state index contributed by atoms with van der Waals surface area (Å²) in [5.41, 5.74) is 0.0564. The summed E-state index contributed by atoms with van der Waals surface area (Å²) >= 11 is 5.93. The number of nitrogens with one attached hydrogen (secondary N) is 1. The van der Waals surface area contributed by atoms with E-state index >= 15 is 0 Å². The van der Waals surface area contributed by atoms with Crippen molar-refractivity contribution in [2.75, 3.05) is 12.4 Å². The first-order valence-corrected chi connectivity index (χ1v) is 6.48. The molecule has 1 amide bonds. The first kappa shape index (κ1) is 15.8. The zero-order valence-corrected chi connectivity index (χ0v) is 12.1. The lowest BCUT2D eigenvalue weighted by atomic mass is 10.1. The molecule has 22 heavy (non-hydrogen) atoms. The Hall–Kier alpha value is -2.60. The number of carbonyl (C=O) groups is 2. The van der Waals surface area contributed by atoms with Crippen LogP contribution in [0.2, 0.25) is 5.02 Å². The van der Waals surface area contributed by atoms with E-state index < -0.39 is 17.7 Å². The molecule has 2 aromatic carbocycles. The standard InChI is InChI=1S/C15H11ClFNO4/c1-22-13-11(16)6-9(15(20)21)7-12(13)18-14(19)8-3-2-4-10(17)5-8/h2-7H,1H3,(H,18,19)(H,20,21). The van der Waals surface area contributed by atoms with Gasteiger partial charge in [0.1, 0.15) is 5.82 Å². The molecule has 2 rings (SSSR count). The fraction of sp³-hybridized carbons (Fsp3) is 0.0667. The van der Waals surface area contributed by atoms with E-state index in [0.717, 1.165) is 6.07 Å². The lowest BCUT2D eigenvalue weighted by molar-refractivity contribution is 0.0696. The molecule has 0 radical (unpaired) electrons. The summed E-state index contributed by atoms with van der Waals surface area (Å²) in [6.07, 6.45) is 0. The second-order valence-electron chi connectivity index (χ2n) is 4.31. The third-order valence-electron chi connectivity index (χ3n) is 2.83. The Labute approximate surface area is 130 Å². The van der Waals surface area contributed by atoms with Gasteiger partial charge in [0.25, 0.3) is 5.91 Å². The molecule has 7 heteroatoms. The molecule has 5 nitrogen and oxygen atoms in total. The fourth-order valence-electron chi connectivity index (χ4n) is 1.84. The number of carbonyl (C=O) groups excluding carboxylic acids is 1. The Morgan fingerprint density at radius 3 is 2.55 bits per heavy atom. The average molecular weight is 324 g/mol. The maximum Gasteiger partial charge on any atom is 0.335 e. The van der Waals surface area contributed by atoms with Gasteiger partial charge in [-0.1, -0.05) is 17.7 Å². The molecule has 0 spiro atoms. The SMILES string of the molecule is COc1c(Cl)cc(C(=O)O)cc1NC(=O)c1cccc(F)c1. The number of anilines is 1. The molecule has 0 saturated heterocycles. The highest BCUT2D eigenvalue weighted by Gasteiger charge is 2.16. The summed E-state index contributed by atoms with van der Waals surface area (Å²) in [6.45, 7) is 0. The minimum absolute atomic E-state index is 0.0388. The fourth-order valence-corrected chi connectivity index (χ4v) is 2.14. The van der Waals surface area contributed by atoms with Crippen molar-refractivity contribution in [2.45, 2.75) is 0 Å². The summed E-state index contributed by atoms with van der Waals surface area (Å²) in [5.74, 6) is -2.25. The highest BCUT2D eigenvalue weighted by Crippen LogP contribution is 2.34. The minimum atomic E-state index is -1.20. The van der Waals surface area contributed by atoms with Crippen LogP contribution in [0.3, 0.4) is 0 Å². The summed E-state index contributed by atoms with van der Waals surface area (Å²) in [6, 6.07) is 7.50. The number of hydrogen-bond donors (Lipinski definition) is 2. The van der Waals surface area contributed by atoms with Crippen molar-refractivity contribution < 1.29 is 23.8 Å². The molecule has 0 saturated carbocycles. The van der Waals surface area contributed by atoms with Crippen LogP contribution in [0.25, 0.3) is 0 Å². The number of benzene rings is 2. The molecule has 0 aromatic heterocycles. The van der Waals surface area contributed by atoms with E-state index in [1.165, 1.54) is 37.4 Å². The predicted molar refractivity (Wildman–Crippen MR) is 79.3 cm³/mol. The molecule has 0 heterocycles. The molecular weight excluding hydrogens is 313 g/mol. The van der Waals surface area contributed by atoms with Crippen LogP contribution < -0.4 is 10.1 Å². The Kier molecular flexibility index (Phi) is 4.62. The Morgan fingerprint density at radius 1 is 1.23 bits per heavy atom. The monoisotopic (exact) mass is 323 g/mol. The number of amides is 1. The Balaban J connectivity index is 2.39. The van der Waals surface area contributed by atoms with Gasteiger partial charge in [-0.15, -0.1) is 0 Å². The molecule has 0 bridgehead atoms. The van der Waals surface area contributed by atoms with Gasteiger partial charge in [0, 0.05) is 5.56 Å². The summed E-state index contributed by atoms with van der Waals surface area (Å²) < 4.78 is 18.2. The van der Waals surface area contributed by atoms with Crippen LogP contribution in [-0.4, -0.2) is 24.1 Å². The highest BCUT2D eigenvalue weighted by atomic mass is 35.5. The van der Waals surface area contributed by atoms with E-state index in [2.05, 4.69) is 5.32 Å². The van der Waals surface area contributed by atoms with Crippen molar-refractivity contribution in [1.82, 2.24) is 0 Å². The third kappa shape index (κ3) is 3.35. The normalized spacial score (nSPS) is 10.1. The second kappa shape index (κ2) is 6.44. The molecule has 0 aliphatic carbocycles. The number of methoxy groups -OCH3 is 1. The van der Waals surface area contributed by atoms with Gasteiger partial charge in [-0.2, -0.15) is 0 Å². The molecule has 114 valence electrons. The average Bonchev–Trinajstić information content (AvgIpc) is 2.46. The van der Waals surface area contributed by atoms with Crippen molar-refractivity contribution in [3.8, 4) is 5.75 Å². The molecule has 0 aliphatic rings. The summed E-state index contributed by atoms with van der Waals surface area (Å²) in [7, 11) is 1.33. The lowest BCUT2D eigenvalue weighted by Crippen LogP contribution is -2.13. The van der Waals surface area contributed by atoms with Gasteiger partial charge in [-0.3, -0.25) is 4.79 Å². The third-order valence-corrected chi connectivity index (χ3v) is 3.11. The van der Waals surface area contributed by atoms with E-state index in [1.54, 1.807) is 0 Å². The van der Waals surface area contributed by atoms with Crippen molar-refractivity contribution in [1.29, 1.82) is 0 Å². The van der Waals surface area contributed by atoms with Crippen molar-refractivity contribution >= 4 is 29.2 Å². The Morgan fingerprint density at radius 2 is 1.95 bits per heavy atom. The quantitative estimate of drug-likeness (QED) is 0.903. The van der Waals surface area contributed by atoms with Gasteiger partial charge in [0.05, 0.1) is 23.4 Å². The lowest BCUT2D eigenvalue weighted by Gasteiger charge is -2.13. The molecule has 0 fully saturated rings. The zero-order valence-electron chi connectivity index (χ0n) is 11.4. The number of hydrogen-bond acceptors (Lipinski definition) is 3.